The molecule has 1 saturated carbocycles. The fourth-order valence-corrected chi connectivity index (χ4v) is 3.00. The number of nitrogens with zero attached hydrogens (tertiary/aromatic N) is 1. The summed E-state index contributed by atoms with van der Waals surface area (Å²) in [5, 5.41) is 0. The van der Waals surface area contributed by atoms with E-state index in [0.717, 1.165) is 19.3 Å². The van der Waals surface area contributed by atoms with Crippen molar-refractivity contribution in [3.63, 3.8) is 0 Å². The number of piperidine rings is 1. The van der Waals surface area contributed by atoms with Gasteiger partial charge in [-0.05, 0) is 24.7 Å². The first-order chi connectivity index (χ1) is 8.46. The first-order valence-electron chi connectivity index (χ1n) is 6.44. The highest BCUT2D eigenvalue weighted by Gasteiger charge is 2.35. The van der Waals surface area contributed by atoms with Gasteiger partial charge in [-0.3, -0.25) is 0 Å². The Morgan fingerprint density at radius 2 is 1.83 bits per heavy atom. The minimum Gasteiger partial charge on any atom is -0.440 e. The van der Waals surface area contributed by atoms with Gasteiger partial charge in [-0.25, -0.2) is 4.79 Å². The van der Waals surface area contributed by atoms with E-state index >= 15 is 0 Å². The fraction of sp³-hybridized carbons (Fsp3) is 0.917. The minimum absolute atomic E-state index is 0.450. The van der Waals surface area contributed by atoms with Crippen LogP contribution in [0.15, 0.2) is 0 Å². The number of carbonyl (C=O) groups excluding carboxylic acids is 1. The lowest BCUT2D eigenvalue weighted by Gasteiger charge is -2.40. The molecule has 2 atom stereocenters. The maximum Gasteiger partial charge on any atom is 0.422 e. The van der Waals surface area contributed by atoms with Crippen LogP contribution in [0.25, 0.3) is 0 Å². The Labute approximate surface area is 104 Å². The Hall–Kier alpha value is -0.940. The van der Waals surface area contributed by atoms with Crippen LogP contribution in [0.1, 0.15) is 32.1 Å². The van der Waals surface area contributed by atoms with Gasteiger partial charge in [0.2, 0.25) is 0 Å². The minimum atomic E-state index is -4.45. The van der Waals surface area contributed by atoms with E-state index in [4.69, 9.17) is 0 Å². The molecule has 0 aromatic rings. The van der Waals surface area contributed by atoms with Crippen molar-refractivity contribution in [1.82, 2.24) is 4.90 Å². The van der Waals surface area contributed by atoms with Crippen LogP contribution in [0.2, 0.25) is 0 Å². The van der Waals surface area contributed by atoms with Gasteiger partial charge in [-0.15, -0.1) is 0 Å². The molecular formula is C12H18F3NO2. The molecule has 1 amide bonds. The SMILES string of the molecule is O=C(OCC(F)(F)F)N1CCC2CCCCC2C1. The summed E-state index contributed by atoms with van der Waals surface area (Å²) < 4.78 is 40.2. The second kappa shape index (κ2) is 5.36. The zero-order valence-electron chi connectivity index (χ0n) is 10.2. The van der Waals surface area contributed by atoms with Crippen LogP contribution in [-0.4, -0.2) is 36.9 Å². The standard InChI is InChI=1S/C12H18F3NO2/c13-12(14,15)8-18-11(17)16-6-5-9-3-1-2-4-10(9)7-16/h9-10H,1-8H2. The van der Waals surface area contributed by atoms with Gasteiger partial charge in [0.25, 0.3) is 0 Å². The Kier molecular flexibility index (Phi) is 4.02. The van der Waals surface area contributed by atoms with Crippen molar-refractivity contribution in [1.29, 1.82) is 0 Å². The first kappa shape index (κ1) is 13.5. The third kappa shape index (κ3) is 3.53. The van der Waals surface area contributed by atoms with Crippen LogP contribution in [0.3, 0.4) is 0 Å². The highest BCUT2D eigenvalue weighted by atomic mass is 19.4. The van der Waals surface area contributed by atoms with Crippen LogP contribution >= 0.6 is 0 Å². The number of alkyl halides is 3. The van der Waals surface area contributed by atoms with Crippen molar-refractivity contribution in [2.75, 3.05) is 19.7 Å². The van der Waals surface area contributed by atoms with Crippen LogP contribution < -0.4 is 0 Å². The van der Waals surface area contributed by atoms with Crippen molar-refractivity contribution in [2.45, 2.75) is 38.3 Å². The van der Waals surface area contributed by atoms with Crippen molar-refractivity contribution in [2.24, 2.45) is 11.8 Å². The van der Waals surface area contributed by atoms with E-state index in [1.54, 1.807) is 0 Å². The molecule has 104 valence electrons. The molecule has 2 rings (SSSR count). The molecule has 2 fully saturated rings. The van der Waals surface area contributed by atoms with Gasteiger partial charge in [0.1, 0.15) is 0 Å². The molecule has 0 N–H and O–H groups in total. The average Bonchev–Trinajstić information content (AvgIpc) is 2.34. The molecule has 0 spiro atoms. The summed E-state index contributed by atoms with van der Waals surface area (Å²) >= 11 is 0. The summed E-state index contributed by atoms with van der Waals surface area (Å²) in [6.45, 7) is -0.407. The predicted molar refractivity (Wildman–Crippen MR) is 59.0 cm³/mol. The molecule has 0 bridgehead atoms. The number of hydrogen-bond donors (Lipinski definition) is 0. The van der Waals surface area contributed by atoms with Gasteiger partial charge in [0, 0.05) is 13.1 Å². The number of amides is 1. The lowest BCUT2D eigenvalue weighted by Crippen LogP contribution is -2.45. The van der Waals surface area contributed by atoms with Gasteiger partial charge < -0.3 is 9.64 Å². The first-order valence-corrected chi connectivity index (χ1v) is 6.44. The molecule has 2 aliphatic rings. The largest absolute Gasteiger partial charge is 0.440 e. The van der Waals surface area contributed by atoms with Crippen LogP contribution in [0.4, 0.5) is 18.0 Å². The van der Waals surface area contributed by atoms with Crippen LogP contribution in [0, 0.1) is 11.8 Å². The summed E-state index contributed by atoms with van der Waals surface area (Å²) in [5.41, 5.74) is 0. The quantitative estimate of drug-likeness (QED) is 0.728. The maximum absolute atomic E-state index is 12.0. The molecule has 1 aliphatic carbocycles. The molecule has 18 heavy (non-hydrogen) atoms. The third-order valence-electron chi connectivity index (χ3n) is 3.91. The predicted octanol–water partition coefficient (Wildman–Crippen LogP) is 3.20. The van der Waals surface area contributed by atoms with E-state index in [0.29, 0.717) is 24.9 Å². The molecule has 6 heteroatoms. The molecule has 0 aromatic carbocycles. The van der Waals surface area contributed by atoms with Crippen LogP contribution in [-0.2, 0) is 4.74 Å². The number of carbonyl (C=O) groups is 1. The van der Waals surface area contributed by atoms with E-state index in [1.165, 1.54) is 17.7 Å². The Bertz CT molecular complexity index is 306. The van der Waals surface area contributed by atoms with E-state index in [-0.39, 0.29) is 0 Å². The molecule has 0 radical (unpaired) electrons. The second-order valence-corrected chi connectivity index (χ2v) is 5.21. The lowest BCUT2D eigenvalue weighted by molar-refractivity contribution is -0.163. The summed E-state index contributed by atoms with van der Waals surface area (Å²) in [7, 11) is 0. The zero-order chi connectivity index (χ0) is 13.2. The van der Waals surface area contributed by atoms with E-state index in [9.17, 15) is 18.0 Å². The number of rotatable bonds is 1. The Morgan fingerprint density at radius 1 is 1.17 bits per heavy atom. The lowest BCUT2D eigenvalue weighted by atomic mass is 9.75. The van der Waals surface area contributed by atoms with Gasteiger partial charge in [0.05, 0.1) is 0 Å². The average molecular weight is 265 g/mol. The molecule has 1 saturated heterocycles. The molecule has 0 aromatic heterocycles. The summed E-state index contributed by atoms with van der Waals surface area (Å²) in [6, 6.07) is 0. The second-order valence-electron chi connectivity index (χ2n) is 5.21. The van der Waals surface area contributed by atoms with E-state index < -0.39 is 18.9 Å². The van der Waals surface area contributed by atoms with Gasteiger partial charge in [0.15, 0.2) is 6.61 Å². The molecular weight excluding hydrogens is 247 g/mol. The molecule has 1 aliphatic heterocycles. The number of ether oxygens (including phenoxy) is 1. The third-order valence-corrected chi connectivity index (χ3v) is 3.91. The van der Waals surface area contributed by atoms with Gasteiger partial charge >= 0.3 is 12.3 Å². The van der Waals surface area contributed by atoms with E-state index in [1.807, 2.05) is 0 Å². The van der Waals surface area contributed by atoms with Crippen molar-refractivity contribution in [3.05, 3.63) is 0 Å². The molecule has 2 unspecified atom stereocenters. The number of fused-ring (bicyclic) bond motifs is 1. The fourth-order valence-electron chi connectivity index (χ4n) is 3.00. The number of halogens is 3. The van der Waals surface area contributed by atoms with Crippen molar-refractivity contribution >= 4 is 6.09 Å². The highest BCUT2D eigenvalue weighted by molar-refractivity contribution is 5.67. The zero-order valence-corrected chi connectivity index (χ0v) is 10.2. The molecule has 1 heterocycles. The number of hydrogen-bond acceptors (Lipinski definition) is 2. The van der Waals surface area contributed by atoms with Crippen LogP contribution in [0.5, 0.6) is 0 Å². The molecule has 3 nitrogen and oxygen atoms in total. The topological polar surface area (TPSA) is 29.5 Å². The Balaban J connectivity index is 1.81. The van der Waals surface area contributed by atoms with Gasteiger partial charge in [-0.2, -0.15) is 13.2 Å². The number of likely N-dealkylation sites (tertiary alicyclic amines) is 1. The highest BCUT2D eigenvalue weighted by Crippen LogP contribution is 2.36. The maximum atomic E-state index is 12.0. The summed E-state index contributed by atoms with van der Waals surface area (Å²) in [4.78, 5) is 13.0. The van der Waals surface area contributed by atoms with Crippen molar-refractivity contribution in [3.8, 4) is 0 Å². The smallest absolute Gasteiger partial charge is 0.422 e. The monoisotopic (exact) mass is 265 g/mol. The van der Waals surface area contributed by atoms with Gasteiger partial charge in [-0.1, -0.05) is 19.3 Å². The summed E-state index contributed by atoms with van der Waals surface area (Å²) in [6.07, 6.45) is 0.289. The van der Waals surface area contributed by atoms with E-state index in [2.05, 4.69) is 4.74 Å². The normalized spacial score (nSPS) is 28.7. The van der Waals surface area contributed by atoms with Crippen molar-refractivity contribution < 1.29 is 22.7 Å². The summed E-state index contributed by atoms with van der Waals surface area (Å²) in [5.74, 6) is 1.09. The Morgan fingerprint density at radius 3 is 2.50 bits per heavy atom.